The summed E-state index contributed by atoms with van der Waals surface area (Å²) in [5.41, 5.74) is 3.15. The van der Waals surface area contributed by atoms with Crippen molar-refractivity contribution in [2.75, 3.05) is 11.1 Å². The molecule has 0 aliphatic carbocycles. The Morgan fingerprint density at radius 1 is 1.06 bits per heavy atom. The van der Waals surface area contributed by atoms with Gasteiger partial charge in [0, 0.05) is 21.5 Å². The van der Waals surface area contributed by atoms with E-state index in [-0.39, 0.29) is 17.6 Å². The SMILES string of the molecule is Cc1nc(-c2ccc(NC(=O)c3ccccc3SCC(=O)NCc3ccco3)cc2)cs1. The van der Waals surface area contributed by atoms with Gasteiger partial charge in [0.15, 0.2) is 0 Å². The van der Waals surface area contributed by atoms with Crippen LogP contribution in [0.15, 0.2) is 81.6 Å². The Morgan fingerprint density at radius 3 is 2.59 bits per heavy atom. The van der Waals surface area contributed by atoms with E-state index in [1.54, 1.807) is 35.8 Å². The number of benzene rings is 2. The van der Waals surface area contributed by atoms with Crippen molar-refractivity contribution >= 4 is 40.6 Å². The third-order valence-electron chi connectivity index (χ3n) is 4.59. The highest BCUT2D eigenvalue weighted by molar-refractivity contribution is 8.00. The van der Waals surface area contributed by atoms with E-state index in [1.165, 1.54) is 11.8 Å². The number of carbonyl (C=O) groups is 2. The molecule has 6 nitrogen and oxygen atoms in total. The fourth-order valence-electron chi connectivity index (χ4n) is 2.99. The zero-order valence-electron chi connectivity index (χ0n) is 17.3. The topological polar surface area (TPSA) is 84.2 Å². The number of nitrogens with one attached hydrogen (secondary N) is 2. The first-order valence-corrected chi connectivity index (χ1v) is 11.8. The minimum atomic E-state index is -0.221. The van der Waals surface area contributed by atoms with Gasteiger partial charge in [0.05, 0.1) is 34.8 Å². The second-order valence-electron chi connectivity index (χ2n) is 6.92. The van der Waals surface area contributed by atoms with Crippen molar-refractivity contribution in [1.29, 1.82) is 0 Å². The van der Waals surface area contributed by atoms with E-state index in [1.807, 2.05) is 54.8 Å². The molecule has 0 aliphatic heterocycles. The lowest BCUT2D eigenvalue weighted by Gasteiger charge is -2.10. The Labute approximate surface area is 194 Å². The molecule has 0 atom stereocenters. The number of carbonyl (C=O) groups excluding carboxylic acids is 2. The van der Waals surface area contributed by atoms with E-state index in [2.05, 4.69) is 15.6 Å². The van der Waals surface area contributed by atoms with Crippen LogP contribution in [0.5, 0.6) is 0 Å². The number of amides is 2. The van der Waals surface area contributed by atoms with Gasteiger partial charge >= 0.3 is 0 Å². The number of nitrogens with zero attached hydrogens (tertiary/aromatic N) is 1. The normalized spacial score (nSPS) is 10.7. The van der Waals surface area contributed by atoms with Crippen LogP contribution in [-0.4, -0.2) is 22.6 Å². The Bertz CT molecular complexity index is 1200. The number of aryl methyl sites for hydroxylation is 1. The maximum atomic E-state index is 12.9. The summed E-state index contributed by atoms with van der Waals surface area (Å²) >= 11 is 2.93. The molecule has 4 aromatic rings. The Morgan fingerprint density at radius 2 is 1.88 bits per heavy atom. The number of hydrogen-bond donors (Lipinski definition) is 2. The average Bonchev–Trinajstić information content (AvgIpc) is 3.49. The molecule has 0 radical (unpaired) electrons. The molecule has 2 heterocycles. The smallest absolute Gasteiger partial charge is 0.256 e. The summed E-state index contributed by atoms with van der Waals surface area (Å²) in [4.78, 5) is 30.3. The number of aromatic nitrogens is 1. The maximum Gasteiger partial charge on any atom is 0.256 e. The quantitative estimate of drug-likeness (QED) is 0.343. The number of hydrogen-bond acceptors (Lipinski definition) is 6. The lowest BCUT2D eigenvalue weighted by atomic mass is 10.1. The summed E-state index contributed by atoms with van der Waals surface area (Å²) in [6.45, 7) is 2.31. The number of thiazole rings is 1. The number of furan rings is 1. The van der Waals surface area contributed by atoms with Gasteiger partial charge in [0.2, 0.25) is 5.91 Å². The Hall–Kier alpha value is -3.36. The predicted molar refractivity (Wildman–Crippen MR) is 128 cm³/mol. The second kappa shape index (κ2) is 10.3. The van der Waals surface area contributed by atoms with E-state index < -0.39 is 0 Å². The summed E-state index contributed by atoms with van der Waals surface area (Å²) in [7, 11) is 0. The lowest BCUT2D eigenvalue weighted by Crippen LogP contribution is -2.24. The molecular weight excluding hydrogens is 442 g/mol. The first-order valence-electron chi connectivity index (χ1n) is 9.93. The summed E-state index contributed by atoms with van der Waals surface area (Å²) in [5, 5.41) is 8.77. The van der Waals surface area contributed by atoms with Crippen molar-refractivity contribution in [3.05, 3.63) is 88.6 Å². The molecule has 0 bridgehead atoms. The lowest BCUT2D eigenvalue weighted by molar-refractivity contribution is -0.118. The van der Waals surface area contributed by atoms with Crippen LogP contribution in [0.4, 0.5) is 5.69 Å². The summed E-state index contributed by atoms with van der Waals surface area (Å²) in [6, 6.07) is 18.4. The Kier molecular flexibility index (Phi) is 7.03. The third kappa shape index (κ3) is 5.66. The second-order valence-corrected chi connectivity index (χ2v) is 9.00. The van der Waals surface area contributed by atoms with E-state index in [4.69, 9.17) is 4.42 Å². The van der Waals surface area contributed by atoms with Crippen LogP contribution in [0.2, 0.25) is 0 Å². The molecule has 2 aromatic carbocycles. The standard InChI is InChI=1S/C24H21N3O3S2/c1-16-26-21(14-31-16)17-8-10-18(11-9-17)27-24(29)20-6-2-3-7-22(20)32-15-23(28)25-13-19-5-4-12-30-19/h2-12,14H,13,15H2,1H3,(H,25,28)(H,27,29). The zero-order valence-corrected chi connectivity index (χ0v) is 19.0. The van der Waals surface area contributed by atoms with E-state index in [0.29, 0.717) is 23.6 Å². The van der Waals surface area contributed by atoms with E-state index in [0.717, 1.165) is 21.2 Å². The molecule has 0 saturated carbocycles. The molecule has 162 valence electrons. The fourth-order valence-corrected chi connectivity index (χ4v) is 4.49. The van der Waals surface area contributed by atoms with Gasteiger partial charge in [0.1, 0.15) is 5.76 Å². The summed E-state index contributed by atoms with van der Waals surface area (Å²) in [6.07, 6.45) is 1.57. The van der Waals surface area contributed by atoms with Crippen molar-refractivity contribution < 1.29 is 14.0 Å². The van der Waals surface area contributed by atoms with Crippen molar-refractivity contribution in [3.8, 4) is 11.3 Å². The predicted octanol–water partition coefficient (Wildman–Crippen LogP) is 5.37. The van der Waals surface area contributed by atoms with E-state index in [9.17, 15) is 9.59 Å². The van der Waals surface area contributed by atoms with Crippen molar-refractivity contribution in [3.63, 3.8) is 0 Å². The minimum Gasteiger partial charge on any atom is -0.467 e. The molecule has 2 aromatic heterocycles. The molecule has 2 N–H and O–H groups in total. The van der Waals surface area contributed by atoms with Crippen molar-refractivity contribution in [2.45, 2.75) is 18.4 Å². The van der Waals surface area contributed by atoms with Crippen molar-refractivity contribution in [1.82, 2.24) is 10.3 Å². The van der Waals surface area contributed by atoms with Gasteiger partial charge in [-0.05, 0) is 43.3 Å². The van der Waals surface area contributed by atoms with Crippen LogP contribution in [0.25, 0.3) is 11.3 Å². The molecule has 0 aliphatic rings. The first kappa shape index (κ1) is 21.9. The van der Waals surface area contributed by atoms with Crippen LogP contribution in [-0.2, 0) is 11.3 Å². The highest BCUT2D eigenvalue weighted by atomic mass is 32.2. The third-order valence-corrected chi connectivity index (χ3v) is 6.43. The first-order chi connectivity index (χ1) is 15.6. The molecule has 4 rings (SSSR count). The highest BCUT2D eigenvalue weighted by Gasteiger charge is 2.13. The molecule has 0 saturated heterocycles. The zero-order chi connectivity index (χ0) is 22.3. The Balaban J connectivity index is 1.36. The fraction of sp³-hybridized carbons (Fsp3) is 0.125. The number of anilines is 1. The minimum absolute atomic E-state index is 0.130. The van der Waals surface area contributed by atoms with Crippen LogP contribution >= 0.6 is 23.1 Å². The molecule has 2 amide bonds. The summed E-state index contributed by atoms with van der Waals surface area (Å²) < 4.78 is 5.21. The molecule has 0 fully saturated rings. The van der Waals surface area contributed by atoms with Gasteiger partial charge in [-0.3, -0.25) is 9.59 Å². The van der Waals surface area contributed by atoms with Crippen LogP contribution in [0.3, 0.4) is 0 Å². The largest absolute Gasteiger partial charge is 0.467 e. The molecule has 0 spiro atoms. The van der Waals surface area contributed by atoms with Gasteiger partial charge in [0.25, 0.3) is 5.91 Å². The molecular formula is C24H21N3O3S2. The van der Waals surface area contributed by atoms with Gasteiger partial charge in [-0.25, -0.2) is 4.98 Å². The van der Waals surface area contributed by atoms with E-state index >= 15 is 0 Å². The average molecular weight is 464 g/mol. The monoisotopic (exact) mass is 463 g/mol. The van der Waals surface area contributed by atoms with Gasteiger partial charge < -0.3 is 15.1 Å². The highest BCUT2D eigenvalue weighted by Crippen LogP contribution is 2.25. The number of thioether (sulfide) groups is 1. The number of rotatable bonds is 8. The molecule has 0 unspecified atom stereocenters. The van der Waals surface area contributed by atoms with Crippen LogP contribution in [0.1, 0.15) is 21.1 Å². The van der Waals surface area contributed by atoms with Crippen LogP contribution in [0, 0.1) is 6.92 Å². The van der Waals surface area contributed by atoms with Gasteiger partial charge in [-0.1, -0.05) is 24.3 Å². The summed E-state index contributed by atoms with van der Waals surface area (Å²) in [5.74, 6) is 0.544. The van der Waals surface area contributed by atoms with Gasteiger partial charge in [-0.15, -0.1) is 23.1 Å². The molecule has 8 heteroatoms. The van der Waals surface area contributed by atoms with Crippen LogP contribution < -0.4 is 10.6 Å². The van der Waals surface area contributed by atoms with Crippen molar-refractivity contribution in [2.24, 2.45) is 0 Å². The maximum absolute atomic E-state index is 12.9. The molecule has 32 heavy (non-hydrogen) atoms. The van der Waals surface area contributed by atoms with Gasteiger partial charge in [-0.2, -0.15) is 0 Å².